The van der Waals surface area contributed by atoms with Gasteiger partial charge in [-0.1, -0.05) is 12.1 Å². The fraction of sp³-hybridized carbons (Fsp3) is 0.409. The second kappa shape index (κ2) is 10.7. The lowest BCUT2D eigenvalue weighted by molar-refractivity contribution is -0.202. The number of halogens is 3. The number of alkyl halides is 2. The lowest BCUT2D eigenvalue weighted by atomic mass is 10.0. The summed E-state index contributed by atoms with van der Waals surface area (Å²) in [6, 6.07) is 7.72. The van der Waals surface area contributed by atoms with Crippen LogP contribution in [0.3, 0.4) is 0 Å². The molecule has 0 bridgehead atoms. The smallest absolute Gasteiger partial charge is 0.417 e. The normalized spacial score (nSPS) is 16.0. The van der Waals surface area contributed by atoms with Crippen LogP contribution in [-0.4, -0.2) is 41.0 Å². The summed E-state index contributed by atoms with van der Waals surface area (Å²) >= 11 is 2.89. The number of rotatable bonds is 12. The molecule has 2 aromatic rings. The summed E-state index contributed by atoms with van der Waals surface area (Å²) in [5.41, 5.74) is 0.0329. The van der Waals surface area contributed by atoms with Crippen LogP contribution in [-0.2, 0) is 4.79 Å². The third-order valence-corrected chi connectivity index (χ3v) is 6.87. The summed E-state index contributed by atoms with van der Waals surface area (Å²) in [7, 11) is 0. The van der Waals surface area contributed by atoms with E-state index >= 15 is 8.78 Å². The molecule has 3 rings (SSSR count). The lowest BCUT2D eigenvalue weighted by Crippen LogP contribution is -2.49. The Bertz CT molecular complexity index is 861. The molecular weight excluding hydrogens is 447 g/mol. The maximum atomic E-state index is 15.2. The Kier molecular flexibility index (Phi) is 8.18. The van der Waals surface area contributed by atoms with Crippen molar-refractivity contribution in [2.45, 2.75) is 35.9 Å². The molecule has 1 fully saturated rings. The highest BCUT2D eigenvalue weighted by Gasteiger charge is 2.45. The molecule has 0 spiro atoms. The van der Waals surface area contributed by atoms with E-state index in [-0.39, 0.29) is 17.1 Å². The first-order valence-electron chi connectivity index (χ1n) is 9.81. The van der Waals surface area contributed by atoms with Crippen molar-refractivity contribution in [1.29, 1.82) is 0 Å². The zero-order valence-corrected chi connectivity index (χ0v) is 18.5. The van der Waals surface area contributed by atoms with E-state index in [1.807, 2.05) is 6.26 Å². The maximum Gasteiger partial charge on any atom is 0.417 e. The van der Waals surface area contributed by atoms with Gasteiger partial charge >= 0.3 is 12.1 Å². The van der Waals surface area contributed by atoms with Gasteiger partial charge in [-0.2, -0.15) is 20.5 Å². The number of thioether (sulfide) groups is 2. The Morgan fingerprint density at radius 1 is 1.19 bits per heavy atom. The van der Waals surface area contributed by atoms with Crippen molar-refractivity contribution in [2.24, 2.45) is 5.92 Å². The van der Waals surface area contributed by atoms with E-state index in [4.69, 9.17) is 4.74 Å². The van der Waals surface area contributed by atoms with Crippen molar-refractivity contribution < 1.29 is 27.8 Å². The molecule has 2 aromatic carbocycles. The largest absolute Gasteiger partial charge is 0.480 e. The Hall–Kier alpha value is -1.84. The van der Waals surface area contributed by atoms with Gasteiger partial charge in [0.1, 0.15) is 23.7 Å². The van der Waals surface area contributed by atoms with E-state index in [9.17, 15) is 14.3 Å². The van der Waals surface area contributed by atoms with Crippen LogP contribution in [0.4, 0.5) is 13.2 Å². The molecule has 0 amide bonds. The first-order chi connectivity index (χ1) is 14.8. The van der Waals surface area contributed by atoms with Gasteiger partial charge in [0.05, 0.1) is 0 Å². The summed E-state index contributed by atoms with van der Waals surface area (Å²) in [6.07, 6.45) is 0.328. The van der Waals surface area contributed by atoms with Crippen LogP contribution < -0.4 is 10.1 Å². The Morgan fingerprint density at radius 2 is 1.84 bits per heavy atom. The third kappa shape index (κ3) is 7.08. The van der Waals surface area contributed by atoms with Crippen LogP contribution in [0.1, 0.15) is 24.4 Å². The maximum absolute atomic E-state index is 15.2. The zero-order chi connectivity index (χ0) is 22.4. The van der Waals surface area contributed by atoms with Gasteiger partial charge in [-0.3, -0.25) is 10.1 Å². The molecule has 0 aromatic heterocycles. The molecule has 31 heavy (non-hydrogen) atoms. The number of benzene rings is 2. The minimum Gasteiger partial charge on any atom is -0.480 e. The standard InChI is InChI=1S/C22H24F3NO3S2/c1-30-18-10-8-17(9-11-18)29-22(24,25)20(15-4-6-16(23)7-5-15)26-19(21(27)28)13-31-12-14-2-3-14/h4-11,14,19-20,26H,2-3,12-13H2,1H3,(H,27,28)/t19-,20-/m0/s1. The average Bonchev–Trinajstić information content (AvgIpc) is 3.56. The molecule has 9 heteroatoms. The molecule has 1 saturated carbocycles. The number of hydrogen-bond acceptors (Lipinski definition) is 5. The molecule has 168 valence electrons. The van der Waals surface area contributed by atoms with Crippen LogP contribution in [0.2, 0.25) is 0 Å². The monoisotopic (exact) mass is 471 g/mol. The van der Waals surface area contributed by atoms with Gasteiger partial charge in [0.2, 0.25) is 0 Å². The summed E-state index contributed by atoms with van der Waals surface area (Å²) in [4.78, 5) is 12.6. The molecule has 0 saturated heterocycles. The van der Waals surface area contributed by atoms with Gasteiger partial charge in [-0.25, -0.2) is 4.39 Å². The van der Waals surface area contributed by atoms with E-state index in [2.05, 4.69) is 5.32 Å². The topological polar surface area (TPSA) is 58.6 Å². The average molecular weight is 472 g/mol. The molecule has 2 N–H and O–H groups in total. The van der Waals surface area contributed by atoms with Crippen molar-refractivity contribution in [3.8, 4) is 5.75 Å². The third-order valence-electron chi connectivity index (χ3n) is 4.85. The number of carboxylic acid groups (broad SMARTS) is 1. The summed E-state index contributed by atoms with van der Waals surface area (Å²) in [6.45, 7) is 0. The number of hydrogen-bond donors (Lipinski definition) is 2. The molecule has 4 nitrogen and oxygen atoms in total. The van der Waals surface area contributed by atoms with Crippen LogP contribution >= 0.6 is 23.5 Å². The van der Waals surface area contributed by atoms with Crippen LogP contribution in [0.5, 0.6) is 5.75 Å². The minimum atomic E-state index is -3.78. The first-order valence-corrected chi connectivity index (χ1v) is 12.2. The predicted molar refractivity (Wildman–Crippen MR) is 118 cm³/mol. The molecular formula is C22H24F3NO3S2. The van der Waals surface area contributed by atoms with Crippen LogP contribution in [0.15, 0.2) is 53.4 Å². The summed E-state index contributed by atoms with van der Waals surface area (Å²) < 4.78 is 48.8. The Labute approximate surface area is 187 Å². The van der Waals surface area contributed by atoms with E-state index in [1.54, 1.807) is 12.1 Å². The lowest BCUT2D eigenvalue weighted by Gasteiger charge is -2.30. The molecule has 0 radical (unpaired) electrons. The van der Waals surface area contributed by atoms with Gasteiger partial charge in [0.15, 0.2) is 0 Å². The van der Waals surface area contributed by atoms with Crippen molar-refractivity contribution in [2.75, 3.05) is 17.8 Å². The molecule has 0 unspecified atom stereocenters. The van der Waals surface area contributed by atoms with Gasteiger partial charge < -0.3 is 9.84 Å². The zero-order valence-electron chi connectivity index (χ0n) is 16.9. The number of aliphatic carboxylic acids is 1. The Morgan fingerprint density at radius 3 is 2.39 bits per heavy atom. The van der Waals surface area contributed by atoms with E-state index in [0.29, 0.717) is 5.92 Å². The predicted octanol–water partition coefficient (Wildman–Crippen LogP) is 5.45. The van der Waals surface area contributed by atoms with Crippen molar-refractivity contribution in [3.05, 3.63) is 59.9 Å². The second-order valence-electron chi connectivity index (χ2n) is 7.36. The highest BCUT2D eigenvalue weighted by molar-refractivity contribution is 7.99. The van der Waals surface area contributed by atoms with Crippen molar-refractivity contribution >= 4 is 29.5 Å². The SMILES string of the molecule is CSc1ccc(OC(F)(F)[C@@H](N[C@@H](CSCC2CC2)C(=O)O)c2ccc(F)cc2)cc1. The quantitative estimate of drug-likeness (QED) is 0.402. The fourth-order valence-electron chi connectivity index (χ4n) is 2.93. The van der Waals surface area contributed by atoms with Crippen molar-refractivity contribution in [3.63, 3.8) is 0 Å². The van der Waals surface area contributed by atoms with Crippen molar-refractivity contribution in [1.82, 2.24) is 5.32 Å². The Balaban J connectivity index is 1.80. The second-order valence-corrected chi connectivity index (χ2v) is 9.32. The summed E-state index contributed by atoms with van der Waals surface area (Å²) in [5, 5.41) is 12.1. The van der Waals surface area contributed by atoms with Gasteiger partial charge in [-0.05, 0) is 72.7 Å². The number of nitrogens with one attached hydrogen (secondary N) is 1. The number of ether oxygens (including phenoxy) is 1. The molecule has 2 atom stereocenters. The van der Waals surface area contributed by atoms with Gasteiger partial charge in [-0.15, -0.1) is 11.8 Å². The fourth-order valence-corrected chi connectivity index (χ4v) is 4.62. The number of carbonyl (C=O) groups is 1. The summed E-state index contributed by atoms with van der Waals surface area (Å²) in [5.74, 6) is -0.318. The minimum absolute atomic E-state index is 0.0329. The van der Waals surface area contributed by atoms with Gasteiger partial charge in [0, 0.05) is 10.6 Å². The van der Waals surface area contributed by atoms with E-state index < -0.39 is 30.0 Å². The van der Waals surface area contributed by atoms with E-state index in [1.165, 1.54) is 47.8 Å². The van der Waals surface area contributed by atoms with Crippen LogP contribution in [0.25, 0.3) is 0 Å². The molecule has 0 heterocycles. The molecule has 1 aliphatic rings. The molecule has 1 aliphatic carbocycles. The van der Waals surface area contributed by atoms with E-state index in [0.717, 1.165) is 35.6 Å². The molecule has 0 aliphatic heterocycles. The first kappa shape index (κ1) is 23.8. The highest BCUT2D eigenvalue weighted by atomic mass is 32.2. The highest BCUT2D eigenvalue weighted by Crippen LogP contribution is 2.36. The van der Waals surface area contributed by atoms with Crippen LogP contribution in [0, 0.1) is 11.7 Å². The van der Waals surface area contributed by atoms with Gasteiger partial charge in [0.25, 0.3) is 0 Å². The number of carboxylic acids is 1.